The first kappa shape index (κ1) is 22.4. The van der Waals surface area contributed by atoms with E-state index in [9.17, 15) is 14.4 Å². The Labute approximate surface area is 171 Å². The lowest BCUT2D eigenvalue weighted by molar-refractivity contribution is -0.143. The van der Waals surface area contributed by atoms with Crippen LogP contribution >= 0.6 is 11.3 Å². The Balaban J connectivity index is 2.08. The number of rotatable bonds is 10. The standard InChI is InChI=1S/C21H31NO5S/c1-4-8-14-11-12-15-16(13-14)28-20(19(15)21(25)27-6-3)22-17(23)9-7-10-18(24)26-5-2/h14H,4-13H2,1-3H3,(H,22,23). The molecule has 1 aliphatic rings. The van der Waals surface area contributed by atoms with Crippen LogP contribution in [0.3, 0.4) is 0 Å². The largest absolute Gasteiger partial charge is 0.466 e. The summed E-state index contributed by atoms with van der Waals surface area (Å²) in [6.07, 6.45) is 6.05. The number of fused-ring (bicyclic) bond motifs is 1. The van der Waals surface area contributed by atoms with Gasteiger partial charge in [0.1, 0.15) is 5.00 Å². The summed E-state index contributed by atoms with van der Waals surface area (Å²) in [7, 11) is 0. The summed E-state index contributed by atoms with van der Waals surface area (Å²) in [5, 5.41) is 3.47. The van der Waals surface area contributed by atoms with E-state index in [0.29, 0.717) is 36.1 Å². The lowest BCUT2D eigenvalue weighted by Crippen LogP contribution is -2.17. The molecule has 0 spiro atoms. The second-order valence-corrected chi connectivity index (χ2v) is 8.14. The normalized spacial score (nSPS) is 15.6. The van der Waals surface area contributed by atoms with Crippen molar-refractivity contribution in [3.05, 3.63) is 16.0 Å². The highest BCUT2D eigenvalue weighted by molar-refractivity contribution is 7.17. The third-order valence-corrected chi connectivity index (χ3v) is 6.06. The molecule has 2 rings (SSSR count). The van der Waals surface area contributed by atoms with Crippen LogP contribution in [0, 0.1) is 5.92 Å². The number of hydrogen-bond acceptors (Lipinski definition) is 6. The van der Waals surface area contributed by atoms with Crippen molar-refractivity contribution < 1.29 is 23.9 Å². The second kappa shape index (κ2) is 11.2. The van der Waals surface area contributed by atoms with Gasteiger partial charge in [-0.15, -0.1) is 11.3 Å². The highest BCUT2D eigenvalue weighted by atomic mass is 32.1. The molecule has 1 aliphatic carbocycles. The summed E-state index contributed by atoms with van der Waals surface area (Å²) in [6.45, 7) is 6.37. The minimum Gasteiger partial charge on any atom is -0.466 e. The Bertz CT molecular complexity index is 697. The molecule has 1 heterocycles. The van der Waals surface area contributed by atoms with Crippen LogP contribution in [0.4, 0.5) is 5.00 Å². The fourth-order valence-electron chi connectivity index (χ4n) is 3.63. The SMILES string of the molecule is CCCC1CCc2c(sc(NC(=O)CCCC(=O)OCC)c2C(=O)OCC)C1. The number of ether oxygens (including phenoxy) is 2. The van der Waals surface area contributed by atoms with Crippen LogP contribution in [0.25, 0.3) is 0 Å². The van der Waals surface area contributed by atoms with Crippen LogP contribution in [0.15, 0.2) is 0 Å². The second-order valence-electron chi connectivity index (χ2n) is 7.03. The lowest BCUT2D eigenvalue weighted by Gasteiger charge is -2.21. The summed E-state index contributed by atoms with van der Waals surface area (Å²) in [5.74, 6) is -0.218. The van der Waals surface area contributed by atoms with Gasteiger partial charge >= 0.3 is 11.9 Å². The molecule has 0 saturated carbocycles. The number of thiophene rings is 1. The molecular weight excluding hydrogens is 378 g/mol. The zero-order valence-electron chi connectivity index (χ0n) is 17.1. The van der Waals surface area contributed by atoms with Crippen molar-refractivity contribution in [2.75, 3.05) is 18.5 Å². The minimum absolute atomic E-state index is 0.196. The Morgan fingerprint density at radius 1 is 1.11 bits per heavy atom. The fourth-order valence-corrected chi connectivity index (χ4v) is 5.00. The molecule has 28 heavy (non-hydrogen) atoms. The Kier molecular flexibility index (Phi) is 8.96. The van der Waals surface area contributed by atoms with Crippen LogP contribution in [0.5, 0.6) is 0 Å². The average molecular weight is 410 g/mol. The molecule has 0 aliphatic heterocycles. The third-order valence-electron chi connectivity index (χ3n) is 4.89. The van der Waals surface area contributed by atoms with Gasteiger partial charge in [-0.2, -0.15) is 0 Å². The molecule has 156 valence electrons. The van der Waals surface area contributed by atoms with E-state index in [4.69, 9.17) is 9.47 Å². The van der Waals surface area contributed by atoms with Gasteiger partial charge in [0.05, 0.1) is 18.8 Å². The molecule has 1 unspecified atom stereocenters. The van der Waals surface area contributed by atoms with Gasteiger partial charge in [0.2, 0.25) is 5.91 Å². The maximum Gasteiger partial charge on any atom is 0.341 e. The third kappa shape index (κ3) is 6.06. The van der Waals surface area contributed by atoms with E-state index < -0.39 is 0 Å². The first-order valence-electron chi connectivity index (χ1n) is 10.3. The maximum atomic E-state index is 12.5. The zero-order valence-corrected chi connectivity index (χ0v) is 17.9. The quantitative estimate of drug-likeness (QED) is 0.575. The molecule has 0 radical (unpaired) electrons. The fraction of sp³-hybridized carbons (Fsp3) is 0.667. The molecule has 1 amide bonds. The number of carbonyl (C=O) groups is 3. The van der Waals surface area contributed by atoms with E-state index in [-0.39, 0.29) is 30.7 Å². The van der Waals surface area contributed by atoms with Crippen molar-refractivity contribution in [2.24, 2.45) is 5.92 Å². The van der Waals surface area contributed by atoms with Crippen LogP contribution in [0.1, 0.15) is 80.1 Å². The van der Waals surface area contributed by atoms with Gasteiger partial charge in [0.25, 0.3) is 0 Å². The smallest absolute Gasteiger partial charge is 0.341 e. The van der Waals surface area contributed by atoms with Crippen LogP contribution < -0.4 is 5.32 Å². The van der Waals surface area contributed by atoms with Crippen molar-refractivity contribution in [1.29, 1.82) is 0 Å². The summed E-state index contributed by atoms with van der Waals surface area (Å²) >= 11 is 1.50. The summed E-state index contributed by atoms with van der Waals surface area (Å²) in [6, 6.07) is 0. The highest BCUT2D eigenvalue weighted by Crippen LogP contribution is 2.41. The van der Waals surface area contributed by atoms with Gasteiger partial charge in [-0.3, -0.25) is 9.59 Å². The first-order valence-corrected chi connectivity index (χ1v) is 11.1. The molecule has 0 aromatic carbocycles. The van der Waals surface area contributed by atoms with E-state index in [1.807, 2.05) is 0 Å². The summed E-state index contributed by atoms with van der Waals surface area (Å²) in [5.41, 5.74) is 1.56. The van der Waals surface area contributed by atoms with Crippen molar-refractivity contribution in [2.45, 2.75) is 72.1 Å². The van der Waals surface area contributed by atoms with Crippen molar-refractivity contribution in [3.8, 4) is 0 Å². The number of esters is 2. The molecule has 6 nitrogen and oxygen atoms in total. The predicted molar refractivity (Wildman–Crippen MR) is 110 cm³/mol. The van der Waals surface area contributed by atoms with Gasteiger partial charge < -0.3 is 14.8 Å². The molecule has 0 fully saturated rings. The van der Waals surface area contributed by atoms with Gasteiger partial charge in [-0.05, 0) is 51.0 Å². The van der Waals surface area contributed by atoms with Crippen molar-refractivity contribution >= 4 is 34.2 Å². The molecule has 1 aromatic rings. The Morgan fingerprint density at radius 2 is 1.86 bits per heavy atom. The van der Waals surface area contributed by atoms with Gasteiger partial charge in [-0.25, -0.2) is 4.79 Å². The van der Waals surface area contributed by atoms with E-state index in [1.54, 1.807) is 13.8 Å². The number of hydrogen-bond donors (Lipinski definition) is 1. The number of nitrogens with one attached hydrogen (secondary N) is 1. The average Bonchev–Trinajstić information content (AvgIpc) is 2.99. The van der Waals surface area contributed by atoms with E-state index >= 15 is 0 Å². The monoisotopic (exact) mass is 409 g/mol. The molecule has 7 heteroatoms. The number of amides is 1. The van der Waals surface area contributed by atoms with E-state index in [1.165, 1.54) is 22.6 Å². The van der Waals surface area contributed by atoms with Gasteiger partial charge in [0.15, 0.2) is 0 Å². The first-order chi connectivity index (χ1) is 13.5. The maximum absolute atomic E-state index is 12.5. The summed E-state index contributed by atoms with van der Waals surface area (Å²) < 4.78 is 10.1. The minimum atomic E-state index is -0.365. The molecule has 1 atom stereocenters. The van der Waals surface area contributed by atoms with Crippen LogP contribution in [-0.2, 0) is 31.9 Å². The topological polar surface area (TPSA) is 81.7 Å². The number of carbonyl (C=O) groups excluding carboxylic acids is 3. The van der Waals surface area contributed by atoms with Crippen LogP contribution in [0.2, 0.25) is 0 Å². The molecule has 0 saturated heterocycles. The predicted octanol–water partition coefficient (Wildman–Crippen LogP) is 4.50. The molecule has 1 N–H and O–H groups in total. The van der Waals surface area contributed by atoms with Crippen molar-refractivity contribution in [3.63, 3.8) is 0 Å². The Hall–Kier alpha value is -1.89. The highest BCUT2D eigenvalue weighted by Gasteiger charge is 2.30. The van der Waals surface area contributed by atoms with Crippen LogP contribution in [-0.4, -0.2) is 31.1 Å². The van der Waals surface area contributed by atoms with E-state index in [2.05, 4.69) is 12.2 Å². The summed E-state index contributed by atoms with van der Waals surface area (Å²) in [4.78, 5) is 37.5. The Morgan fingerprint density at radius 3 is 2.54 bits per heavy atom. The van der Waals surface area contributed by atoms with E-state index in [0.717, 1.165) is 31.2 Å². The molecular formula is C21H31NO5S. The lowest BCUT2D eigenvalue weighted by atomic mass is 9.84. The van der Waals surface area contributed by atoms with Crippen molar-refractivity contribution in [1.82, 2.24) is 0 Å². The molecule has 1 aromatic heterocycles. The van der Waals surface area contributed by atoms with Gasteiger partial charge in [-0.1, -0.05) is 19.8 Å². The molecule has 0 bridgehead atoms. The van der Waals surface area contributed by atoms with Gasteiger partial charge in [0, 0.05) is 17.7 Å². The zero-order chi connectivity index (χ0) is 20.5. The number of anilines is 1.